The minimum atomic E-state index is 1.34. The third-order valence-electron chi connectivity index (χ3n) is 5.44. The van der Waals surface area contributed by atoms with Gasteiger partial charge in [-0.2, -0.15) is 0 Å². The molecule has 0 aliphatic heterocycles. The van der Waals surface area contributed by atoms with E-state index in [1.807, 2.05) is 0 Å². The molecule has 0 aliphatic rings. The maximum Gasteiger partial charge on any atom is -0.0320 e. The highest BCUT2D eigenvalue weighted by molar-refractivity contribution is 5.01. The lowest BCUT2D eigenvalue weighted by atomic mass is 9.98. The Morgan fingerprint density at radius 2 is 0.800 bits per heavy atom. The van der Waals surface area contributed by atoms with Gasteiger partial charge < -0.3 is 0 Å². The molecule has 0 heterocycles. The number of allylic oxidation sites excluding steroid dienone is 2. The van der Waals surface area contributed by atoms with Gasteiger partial charge in [0.1, 0.15) is 0 Å². The van der Waals surface area contributed by atoms with Crippen LogP contribution in [0.5, 0.6) is 0 Å². The number of hydrogen-bond acceptors (Lipinski definition) is 0. The van der Waals surface area contributed by atoms with E-state index in [9.17, 15) is 0 Å². The monoisotopic (exact) mass is 350 g/mol. The molecular weight excluding hydrogens is 300 g/mol. The predicted molar refractivity (Wildman–Crippen MR) is 117 cm³/mol. The highest BCUT2D eigenvalue weighted by Gasteiger charge is 2.00. The minimum absolute atomic E-state index is 1.34. The second kappa shape index (κ2) is 21.8. The van der Waals surface area contributed by atoms with E-state index >= 15 is 0 Å². The Kier molecular flexibility index (Phi) is 21.6. The lowest BCUT2D eigenvalue weighted by Crippen LogP contribution is -1.89. The Hall–Kier alpha value is -0.260. The molecule has 0 bridgehead atoms. The molecule has 0 radical (unpaired) electrons. The summed E-state index contributed by atoms with van der Waals surface area (Å²) in [5.41, 5.74) is 1.79. The van der Waals surface area contributed by atoms with Crippen molar-refractivity contribution in [2.45, 2.75) is 149 Å². The number of hydrogen-bond donors (Lipinski definition) is 0. The molecule has 150 valence electrons. The Balaban J connectivity index is 3.90. The Bertz CT molecular complexity index is 245. The molecule has 0 rings (SSSR count). The molecule has 0 fully saturated rings. The van der Waals surface area contributed by atoms with Gasteiger partial charge in [-0.15, -0.1) is 0 Å². The SMILES string of the molecule is CCCCCCCC=C(CCCCCCCC)CCCCCCCC. The molecule has 0 aromatic carbocycles. The average Bonchev–Trinajstić information content (AvgIpc) is 2.63. The van der Waals surface area contributed by atoms with Crippen molar-refractivity contribution in [3.05, 3.63) is 11.6 Å². The summed E-state index contributed by atoms with van der Waals surface area (Å²) in [7, 11) is 0. The predicted octanol–water partition coefficient (Wildman–Crippen LogP) is 9.77. The van der Waals surface area contributed by atoms with Crippen LogP contribution in [-0.4, -0.2) is 0 Å². The van der Waals surface area contributed by atoms with Crippen molar-refractivity contribution >= 4 is 0 Å². The Morgan fingerprint density at radius 3 is 1.24 bits per heavy atom. The summed E-state index contributed by atoms with van der Waals surface area (Å²) >= 11 is 0. The largest absolute Gasteiger partial charge is 0.0853 e. The molecule has 25 heavy (non-hydrogen) atoms. The van der Waals surface area contributed by atoms with Crippen molar-refractivity contribution in [1.82, 2.24) is 0 Å². The van der Waals surface area contributed by atoms with E-state index in [1.165, 1.54) is 128 Å². The van der Waals surface area contributed by atoms with Crippen LogP contribution < -0.4 is 0 Å². The van der Waals surface area contributed by atoms with E-state index in [0.717, 1.165) is 0 Å². The van der Waals surface area contributed by atoms with E-state index in [0.29, 0.717) is 0 Å². The van der Waals surface area contributed by atoms with Gasteiger partial charge in [-0.25, -0.2) is 0 Å². The van der Waals surface area contributed by atoms with Crippen LogP contribution in [-0.2, 0) is 0 Å². The van der Waals surface area contributed by atoms with Gasteiger partial charge in [-0.3, -0.25) is 0 Å². The fourth-order valence-corrected chi connectivity index (χ4v) is 3.65. The van der Waals surface area contributed by atoms with Crippen LogP contribution in [0.4, 0.5) is 0 Å². The summed E-state index contributed by atoms with van der Waals surface area (Å²) < 4.78 is 0. The fourth-order valence-electron chi connectivity index (χ4n) is 3.65. The first-order chi connectivity index (χ1) is 12.3. The molecule has 0 atom stereocenters. The maximum absolute atomic E-state index is 2.63. The second-order valence-corrected chi connectivity index (χ2v) is 8.10. The fraction of sp³-hybridized carbons (Fsp3) is 0.920. The molecule has 0 saturated heterocycles. The minimum Gasteiger partial charge on any atom is -0.0853 e. The summed E-state index contributed by atoms with van der Waals surface area (Å²) in [6.45, 7) is 6.92. The van der Waals surface area contributed by atoms with Gasteiger partial charge in [-0.05, 0) is 38.5 Å². The lowest BCUT2D eigenvalue weighted by molar-refractivity contribution is 0.580. The Labute approximate surface area is 161 Å². The zero-order valence-corrected chi connectivity index (χ0v) is 18.2. The Morgan fingerprint density at radius 1 is 0.440 bits per heavy atom. The van der Waals surface area contributed by atoms with Gasteiger partial charge in [0.05, 0.1) is 0 Å². The zero-order valence-electron chi connectivity index (χ0n) is 18.2. The van der Waals surface area contributed by atoms with Gasteiger partial charge >= 0.3 is 0 Å². The first kappa shape index (κ1) is 24.7. The van der Waals surface area contributed by atoms with Crippen molar-refractivity contribution in [2.24, 2.45) is 0 Å². The van der Waals surface area contributed by atoms with Crippen LogP contribution in [0, 0.1) is 0 Å². The third-order valence-corrected chi connectivity index (χ3v) is 5.44. The quantitative estimate of drug-likeness (QED) is 0.151. The molecule has 0 nitrogen and oxygen atoms in total. The number of rotatable bonds is 20. The number of unbranched alkanes of at least 4 members (excludes halogenated alkanes) is 15. The highest BCUT2D eigenvalue weighted by Crippen LogP contribution is 2.20. The highest BCUT2D eigenvalue weighted by atomic mass is 14.1. The van der Waals surface area contributed by atoms with Crippen molar-refractivity contribution in [1.29, 1.82) is 0 Å². The molecular formula is C25H50. The van der Waals surface area contributed by atoms with E-state index in [4.69, 9.17) is 0 Å². The molecule has 0 aromatic rings. The van der Waals surface area contributed by atoms with Gasteiger partial charge in [0, 0.05) is 0 Å². The molecule has 0 heteroatoms. The second-order valence-electron chi connectivity index (χ2n) is 8.10. The molecule has 0 N–H and O–H groups in total. The topological polar surface area (TPSA) is 0 Å². The normalized spacial score (nSPS) is 11.0. The molecule has 0 unspecified atom stereocenters. The van der Waals surface area contributed by atoms with Gasteiger partial charge in [0.15, 0.2) is 0 Å². The van der Waals surface area contributed by atoms with Crippen LogP contribution in [0.15, 0.2) is 11.6 Å². The van der Waals surface area contributed by atoms with Crippen molar-refractivity contribution < 1.29 is 0 Å². The van der Waals surface area contributed by atoms with E-state index in [-0.39, 0.29) is 0 Å². The lowest BCUT2D eigenvalue weighted by Gasteiger charge is -2.09. The molecule has 0 aliphatic carbocycles. The van der Waals surface area contributed by atoms with E-state index in [1.54, 1.807) is 5.57 Å². The van der Waals surface area contributed by atoms with Crippen molar-refractivity contribution in [3.8, 4) is 0 Å². The van der Waals surface area contributed by atoms with Gasteiger partial charge in [0.25, 0.3) is 0 Å². The smallest absolute Gasteiger partial charge is 0.0320 e. The van der Waals surface area contributed by atoms with Crippen LogP contribution >= 0.6 is 0 Å². The average molecular weight is 351 g/mol. The van der Waals surface area contributed by atoms with Crippen LogP contribution in [0.2, 0.25) is 0 Å². The van der Waals surface area contributed by atoms with Gasteiger partial charge in [-0.1, -0.05) is 122 Å². The zero-order chi connectivity index (χ0) is 18.4. The van der Waals surface area contributed by atoms with Crippen LogP contribution in [0.1, 0.15) is 149 Å². The summed E-state index contributed by atoms with van der Waals surface area (Å²) in [5, 5.41) is 0. The summed E-state index contributed by atoms with van der Waals surface area (Å²) in [4.78, 5) is 0. The molecule has 0 spiro atoms. The first-order valence-electron chi connectivity index (χ1n) is 12.0. The maximum atomic E-state index is 2.63. The standard InChI is InChI=1S/C25H50/c1-4-7-10-13-16-19-22-25(23-20-17-14-11-8-5-2)24-21-18-15-12-9-6-3/h22H,4-21,23-24H2,1-3H3. The summed E-state index contributed by atoms with van der Waals surface area (Å²) in [6.07, 6.45) is 31.0. The van der Waals surface area contributed by atoms with E-state index in [2.05, 4.69) is 26.8 Å². The van der Waals surface area contributed by atoms with Crippen LogP contribution in [0.25, 0.3) is 0 Å². The molecule has 0 saturated carbocycles. The molecule has 0 aromatic heterocycles. The van der Waals surface area contributed by atoms with Crippen LogP contribution in [0.3, 0.4) is 0 Å². The van der Waals surface area contributed by atoms with E-state index < -0.39 is 0 Å². The van der Waals surface area contributed by atoms with Crippen molar-refractivity contribution in [3.63, 3.8) is 0 Å². The summed E-state index contributed by atoms with van der Waals surface area (Å²) in [6, 6.07) is 0. The van der Waals surface area contributed by atoms with Gasteiger partial charge in [0.2, 0.25) is 0 Å². The first-order valence-corrected chi connectivity index (χ1v) is 12.0. The summed E-state index contributed by atoms with van der Waals surface area (Å²) in [5.74, 6) is 0. The molecule has 0 amide bonds. The van der Waals surface area contributed by atoms with Crippen molar-refractivity contribution in [2.75, 3.05) is 0 Å². The third kappa shape index (κ3) is 19.9.